The van der Waals surface area contributed by atoms with E-state index in [9.17, 15) is 18.0 Å². The van der Waals surface area contributed by atoms with Crippen LogP contribution in [0.2, 0.25) is 5.02 Å². The molecule has 3 aliphatic rings. The molecule has 0 saturated carbocycles. The quantitative estimate of drug-likeness (QED) is 0.579. The number of fused-ring (bicyclic) bond motifs is 1. The van der Waals surface area contributed by atoms with Gasteiger partial charge < -0.3 is 19.5 Å². The Labute approximate surface area is 204 Å². The molecular weight excluding hydrogens is 484 g/mol. The molecule has 2 atom stereocenters. The van der Waals surface area contributed by atoms with Gasteiger partial charge in [0.15, 0.2) is 5.75 Å². The smallest absolute Gasteiger partial charge is 0.236 e. The molecular formula is C23H29ClN2O7S. The standard InChI is InChI=1S/C23H29ClN2O7S/c1-5-34(29,30)26-8-6-14(7-9-26)25-15-10-13(2)23(18(27)11-15)22(28)19-16(31-3)12-17(32-4)20(24)21(19)33-23/h11-14,25H,5-10H2,1-4H3/t13-,23+/m1/s1. The van der Waals surface area contributed by atoms with Crippen LogP contribution in [0.1, 0.15) is 43.5 Å². The van der Waals surface area contributed by atoms with Crippen molar-refractivity contribution in [3.05, 3.63) is 28.4 Å². The number of Topliss-reactive ketones (excluding diaryl/α,β-unsaturated/α-hetero) is 1. The second kappa shape index (κ2) is 9.05. The van der Waals surface area contributed by atoms with Crippen molar-refractivity contribution in [2.45, 2.75) is 44.8 Å². The number of ether oxygens (including phenoxy) is 3. The third-order valence-electron chi connectivity index (χ3n) is 6.91. The summed E-state index contributed by atoms with van der Waals surface area (Å²) in [6.45, 7) is 4.31. The average Bonchev–Trinajstić information content (AvgIpc) is 3.13. The van der Waals surface area contributed by atoms with Crippen LogP contribution in [-0.4, -0.2) is 69.0 Å². The van der Waals surface area contributed by atoms with Gasteiger partial charge in [-0.2, -0.15) is 0 Å². The summed E-state index contributed by atoms with van der Waals surface area (Å²) in [5, 5.41) is 3.50. The zero-order valence-electron chi connectivity index (χ0n) is 19.6. The number of carbonyl (C=O) groups is 2. The summed E-state index contributed by atoms with van der Waals surface area (Å²) in [7, 11) is -0.340. The molecule has 9 nitrogen and oxygen atoms in total. The number of benzene rings is 1. The van der Waals surface area contributed by atoms with Gasteiger partial charge in [-0.3, -0.25) is 9.59 Å². The Kier molecular flexibility index (Phi) is 6.61. The highest BCUT2D eigenvalue weighted by Crippen LogP contribution is 2.52. The maximum atomic E-state index is 13.5. The first-order valence-electron chi connectivity index (χ1n) is 11.3. The van der Waals surface area contributed by atoms with Crippen LogP contribution in [0.15, 0.2) is 17.8 Å². The number of ketones is 2. The fourth-order valence-corrected chi connectivity index (χ4v) is 6.35. The molecule has 1 spiro atoms. The fourth-order valence-electron chi connectivity index (χ4n) is 4.95. The molecule has 0 unspecified atom stereocenters. The molecule has 0 amide bonds. The summed E-state index contributed by atoms with van der Waals surface area (Å²) in [5.41, 5.74) is -0.860. The van der Waals surface area contributed by atoms with Crippen molar-refractivity contribution in [2.24, 2.45) is 5.92 Å². The lowest BCUT2D eigenvalue weighted by molar-refractivity contribution is -0.129. The zero-order chi connectivity index (χ0) is 24.8. The van der Waals surface area contributed by atoms with Crippen LogP contribution in [0.5, 0.6) is 17.2 Å². The van der Waals surface area contributed by atoms with E-state index in [-0.39, 0.29) is 39.6 Å². The second-order valence-electron chi connectivity index (χ2n) is 8.82. The lowest BCUT2D eigenvalue weighted by atomic mass is 9.74. The Balaban J connectivity index is 1.55. The van der Waals surface area contributed by atoms with Crippen LogP contribution in [0.3, 0.4) is 0 Å². The number of rotatable bonds is 6. The predicted octanol–water partition coefficient (Wildman–Crippen LogP) is 2.57. The molecule has 186 valence electrons. The first kappa shape index (κ1) is 24.8. The van der Waals surface area contributed by atoms with Gasteiger partial charge in [0.1, 0.15) is 22.1 Å². The topological polar surface area (TPSA) is 111 Å². The molecule has 4 rings (SSSR count). The monoisotopic (exact) mass is 512 g/mol. The summed E-state index contributed by atoms with van der Waals surface area (Å²) in [6.07, 6.45) is 3.11. The van der Waals surface area contributed by atoms with E-state index in [1.807, 2.05) is 0 Å². The van der Waals surface area contributed by atoms with Gasteiger partial charge in [0.2, 0.25) is 27.2 Å². The number of hydrogen-bond acceptors (Lipinski definition) is 8. The maximum absolute atomic E-state index is 13.5. The molecule has 1 N–H and O–H groups in total. The van der Waals surface area contributed by atoms with Crippen LogP contribution in [0, 0.1) is 5.92 Å². The normalized spacial score (nSPS) is 25.7. The molecule has 1 aromatic carbocycles. The largest absolute Gasteiger partial charge is 0.496 e. The number of piperidine rings is 1. The zero-order valence-corrected chi connectivity index (χ0v) is 21.2. The van der Waals surface area contributed by atoms with E-state index in [1.54, 1.807) is 13.8 Å². The number of nitrogens with one attached hydrogen (secondary N) is 1. The first-order valence-corrected chi connectivity index (χ1v) is 13.2. The van der Waals surface area contributed by atoms with Gasteiger partial charge in [0.25, 0.3) is 0 Å². The van der Waals surface area contributed by atoms with E-state index in [0.29, 0.717) is 38.0 Å². The number of methoxy groups -OCH3 is 2. The SMILES string of the molecule is CCS(=O)(=O)N1CCC(NC2=CC(=O)[C@@]3(Oc4c(Cl)c(OC)cc(OC)c4C3=O)[C@H](C)C2)CC1. The maximum Gasteiger partial charge on any atom is 0.236 e. The minimum absolute atomic E-state index is 0.0415. The van der Waals surface area contributed by atoms with Crippen molar-refractivity contribution in [3.63, 3.8) is 0 Å². The Morgan fingerprint density at radius 2 is 1.85 bits per heavy atom. The van der Waals surface area contributed by atoms with Gasteiger partial charge >= 0.3 is 0 Å². The molecule has 0 radical (unpaired) electrons. The Morgan fingerprint density at radius 3 is 2.41 bits per heavy atom. The van der Waals surface area contributed by atoms with Crippen LogP contribution in [0.25, 0.3) is 0 Å². The lowest BCUT2D eigenvalue weighted by Gasteiger charge is -2.37. The Bertz CT molecular complexity index is 1160. The van der Waals surface area contributed by atoms with Crippen molar-refractivity contribution in [2.75, 3.05) is 33.1 Å². The molecule has 1 saturated heterocycles. The van der Waals surface area contributed by atoms with E-state index >= 15 is 0 Å². The van der Waals surface area contributed by atoms with Crippen LogP contribution >= 0.6 is 11.6 Å². The molecule has 1 aliphatic carbocycles. The van der Waals surface area contributed by atoms with Gasteiger partial charge in [0, 0.05) is 42.9 Å². The van der Waals surface area contributed by atoms with Crippen LogP contribution in [0.4, 0.5) is 0 Å². The summed E-state index contributed by atoms with van der Waals surface area (Å²) in [5.74, 6) is -0.710. The highest BCUT2D eigenvalue weighted by atomic mass is 35.5. The Morgan fingerprint density at radius 1 is 1.21 bits per heavy atom. The van der Waals surface area contributed by atoms with Gasteiger partial charge in [-0.05, 0) is 26.2 Å². The molecule has 2 aliphatic heterocycles. The minimum Gasteiger partial charge on any atom is -0.496 e. The second-order valence-corrected chi connectivity index (χ2v) is 11.5. The molecule has 0 bridgehead atoms. The third kappa shape index (κ3) is 3.85. The molecule has 1 fully saturated rings. The van der Waals surface area contributed by atoms with Gasteiger partial charge in [0.05, 0.1) is 20.0 Å². The van der Waals surface area contributed by atoms with E-state index < -0.39 is 33.1 Å². The lowest BCUT2D eigenvalue weighted by Crippen LogP contribution is -2.56. The van der Waals surface area contributed by atoms with Gasteiger partial charge in [-0.1, -0.05) is 18.5 Å². The number of carbonyl (C=O) groups excluding carboxylic acids is 2. The third-order valence-corrected chi connectivity index (χ3v) is 9.15. The highest BCUT2D eigenvalue weighted by molar-refractivity contribution is 7.89. The van der Waals surface area contributed by atoms with Gasteiger partial charge in [-0.25, -0.2) is 12.7 Å². The van der Waals surface area contributed by atoms with E-state index in [1.165, 1.54) is 30.7 Å². The minimum atomic E-state index is -3.20. The number of hydrogen-bond donors (Lipinski definition) is 1. The molecule has 2 heterocycles. The summed E-state index contributed by atoms with van der Waals surface area (Å²) >= 11 is 6.41. The summed E-state index contributed by atoms with van der Waals surface area (Å²) in [6, 6.07) is 1.55. The molecule has 0 aromatic heterocycles. The van der Waals surface area contributed by atoms with Crippen molar-refractivity contribution in [3.8, 4) is 17.2 Å². The summed E-state index contributed by atoms with van der Waals surface area (Å²) < 4.78 is 42.4. The number of allylic oxidation sites excluding steroid dienone is 1. The van der Waals surface area contributed by atoms with Crippen molar-refractivity contribution in [1.29, 1.82) is 0 Å². The van der Waals surface area contributed by atoms with E-state index in [4.69, 9.17) is 25.8 Å². The van der Waals surface area contributed by atoms with Crippen molar-refractivity contribution in [1.82, 2.24) is 9.62 Å². The number of halogens is 1. The molecule has 11 heteroatoms. The van der Waals surface area contributed by atoms with Crippen LogP contribution in [-0.2, 0) is 14.8 Å². The average molecular weight is 513 g/mol. The fraction of sp³-hybridized carbons (Fsp3) is 0.565. The van der Waals surface area contributed by atoms with Crippen molar-refractivity contribution < 1.29 is 32.2 Å². The van der Waals surface area contributed by atoms with Crippen LogP contribution < -0.4 is 19.5 Å². The first-order chi connectivity index (χ1) is 16.1. The number of nitrogens with zero attached hydrogens (tertiary/aromatic N) is 1. The van der Waals surface area contributed by atoms with E-state index in [2.05, 4.69) is 5.32 Å². The predicted molar refractivity (Wildman–Crippen MR) is 126 cm³/mol. The van der Waals surface area contributed by atoms with E-state index in [0.717, 1.165) is 0 Å². The molecule has 1 aromatic rings. The Hall–Kier alpha value is -2.30. The molecule has 34 heavy (non-hydrogen) atoms. The van der Waals surface area contributed by atoms with Gasteiger partial charge in [-0.15, -0.1) is 0 Å². The highest BCUT2D eigenvalue weighted by Gasteiger charge is 2.60. The number of sulfonamides is 1. The summed E-state index contributed by atoms with van der Waals surface area (Å²) in [4.78, 5) is 26.9. The van der Waals surface area contributed by atoms with Crippen molar-refractivity contribution >= 4 is 33.2 Å².